The Labute approximate surface area is 126 Å². The summed E-state index contributed by atoms with van der Waals surface area (Å²) in [7, 11) is 0. The van der Waals surface area contributed by atoms with Crippen LogP contribution in [0, 0.1) is 5.92 Å². The Morgan fingerprint density at radius 3 is 2.57 bits per heavy atom. The molecule has 0 aliphatic carbocycles. The number of nitrogens with zero attached hydrogens (tertiary/aromatic N) is 2. The summed E-state index contributed by atoms with van der Waals surface area (Å²) < 4.78 is 0. The van der Waals surface area contributed by atoms with E-state index >= 15 is 0 Å². The molecule has 0 radical (unpaired) electrons. The molecule has 0 saturated carbocycles. The molecule has 1 aromatic rings. The summed E-state index contributed by atoms with van der Waals surface area (Å²) in [6.45, 7) is 10.3. The molecule has 1 aliphatic heterocycles. The molecule has 1 heterocycles. The van der Waals surface area contributed by atoms with Gasteiger partial charge in [0.25, 0.3) is 0 Å². The molecule has 0 amide bonds. The van der Waals surface area contributed by atoms with E-state index < -0.39 is 6.23 Å². The summed E-state index contributed by atoms with van der Waals surface area (Å²) in [6.07, 6.45) is 0.0253. The lowest BCUT2D eigenvalue weighted by Crippen LogP contribution is -2.18. The Hall–Kier alpha value is -1.68. The van der Waals surface area contributed by atoms with E-state index in [9.17, 15) is 5.11 Å². The average molecular weight is 287 g/mol. The molecule has 1 aromatic carbocycles. The molecular formula is C17H25N3O. The van der Waals surface area contributed by atoms with Crippen LogP contribution in [0.15, 0.2) is 28.2 Å². The molecule has 0 aromatic heterocycles. The van der Waals surface area contributed by atoms with Crippen molar-refractivity contribution in [3.8, 4) is 0 Å². The Bertz CT molecular complexity index is 597. The fourth-order valence-corrected chi connectivity index (χ4v) is 2.57. The number of nitrogens with two attached hydrogens (primary N) is 1. The van der Waals surface area contributed by atoms with Crippen LogP contribution in [-0.2, 0) is 5.41 Å². The third-order valence-corrected chi connectivity index (χ3v) is 3.83. The highest BCUT2D eigenvalue weighted by molar-refractivity contribution is 6.08. The SMILES string of the molecule is CC1=NC(O)C(C)CC(c2ccc(N)c(C(C)(C)C)c2)=N1. The highest BCUT2D eigenvalue weighted by Gasteiger charge is 2.22. The number of nitrogen functional groups attached to an aromatic ring is 1. The molecule has 4 nitrogen and oxygen atoms in total. The van der Waals surface area contributed by atoms with Gasteiger partial charge in [0.2, 0.25) is 0 Å². The van der Waals surface area contributed by atoms with Gasteiger partial charge in [-0.3, -0.25) is 0 Å². The van der Waals surface area contributed by atoms with E-state index in [0.29, 0.717) is 12.3 Å². The average Bonchev–Trinajstić information content (AvgIpc) is 2.48. The molecule has 0 spiro atoms. The van der Waals surface area contributed by atoms with Crippen LogP contribution < -0.4 is 5.73 Å². The van der Waals surface area contributed by atoms with E-state index in [1.165, 1.54) is 0 Å². The fourth-order valence-electron chi connectivity index (χ4n) is 2.57. The van der Waals surface area contributed by atoms with Crippen molar-refractivity contribution in [3.63, 3.8) is 0 Å². The predicted molar refractivity (Wildman–Crippen MR) is 89.0 cm³/mol. The first-order chi connectivity index (χ1) is 9.68. The van der Waals surface area contributed by atoms with Crippen molar-refractivity contribution < 1.29 is 5.11 Å². The number of hydrogen-bond donors (Lipinski definition) is 2. The number of hydrogen-bond acceptors (Lipinski definition) is 4. The van der Waals surface area contributed by atoms with Crippen molar-refractivity contribution in [2.45, 2.75) is 52.7 Å². The van der Waals surface area contributed by atoms with E-state index in [2.05, 4.69) is 36.8 Å². The van der Waals surface area contributed by atoms with Crippen molar-refractivity contribution in [2.24, 2.45) is 15.9 Å². The van der Waals surface area contributed by atoms with Gasteiger partial charge in [0.15, 0.2) is 0 Å². The summed E-state index contributed by atoms with van der Waals surface area (Å²) in [6, 6.07) is 6.06. The lowest BCUT2D eigenvalue weighted by atomic mass is 9.84. The van der Waals surface area contributed by atoms with Crippen LogP contribution in [0.1, 0.15) is 52.2 Å². The van der Waals surface area contributed by atoms with Crippen LogP contribution in [0.5, 0.6) is 0 Å². The molecular weight excluding hydrogens is 262 g/mol. The molecule has 0 saturated heterocycles. The van der Waals surface area contributed by atoms with Gasteiger partial charge in [0, 0.05) is 11.6 Å². The molecule has 3 N–H and O–H groups in total. The number of benzene rings is 1. The zero-order valence-corrected chi connectivity index (χ0v) is 13.5. The highest BCUT2D eigenvalue weighted by atomic mass is 16.3. The fraction of sp³-hybridized carbons (Fsp3) is 0.529. The summed E-state index contributed by atoms with van der Waals surface area (Å²) in [5.74, 6) is 0.674. The largest absolute Gasteiger partial charge is 0.398 e. The van der Waals surface area contributed by atoms with Gasteiger partial charge >= 0.3 is 0 Å². The van der Waals surface area contributed by atoms with E-state index in [1.54, 1.807) is 0 Å². The maximum absolute atomic E-state index is 9.94. The molecule has 0 bridgehead atoms. The maximum Gasteiger partial charge on any atom is 0.150 e. The van der Waals surface area contributed by atoms with Crippen LogP contribution in [0.25, 0.3) is 0 Å². The zero-order valence-electron chi connectivity index (χ0n) is 13.5. The van der Waals surface area contributed by atoms with E-state index in [1.807, 2.05) is 26.0 Å². The third kappa shape index (κ3) is 3.50. The Balaban J connectivity index is 2.45. The number of aliphatic hydroxyl groups excluding tert-OH is 1. The van der Waals surface area contributed by atoms with Crippen LogP contribution in [0.2, 0.25) is 0 Å². The molecule has 1 aliphatic rings. The molecule has 114 valence electrons. The van der Waals surface area contributed by atoms with Gasteiger partial charge in [0.05, 0.1) is 5.71 Å². The van der Waals surface area contributed by atoms with Gasteiger partial charge in [-0.05, 0) is 42.0 Å². The normalized spacial score (nSPS) is 23.3. The Kier molecular flexibility index (Phi) is 4.19. The van der Waals surface area contributed by atoms with Gasteiger partial charge in [0.1, 0.15) is 12.1 Å². The second-order valence-electron chi connectivity index (χ2n) is 6.88. The zero-order chi connectivity index (χ0) is 15.8. The lowest BCUT2D eigenvalue weighted by Gasteiger charge is -2.22. The van der Waals surface area contributed by atoms with Crippen LogP contribution in [0.4, 0.5) is 5.69 Å². The highest BCUT2D eigenvalue weighted by Crippen LogP contribution is 2.30. The predicted octanol–water partition coefficient (Wildman–Crippen LogP) is 3.13. The number of anilines is 1. The van der Waals surface area contributed by atoms with Crippen LogP contribution in [-0.4, -0.2) is 22.9 Å². The lowest BCUT2D eigenvalue weighted by molar-refractivity contribution is 0.130. The van der Waals surface area contributed by atoms with Crippen molar-refractivity contribution in [1.29, 1.82) is 0 Å². The summed E-state index contributed by atoms with van der Waals surface area (Å²) >= 11 is 0. The molecule has 2 unspecified atom stereocenters. The van der Waals surface area contributed by atoms with Crippen LogP contribution in [0.3, 0.4) is 0 Å². The Morgan fingerprint density at radius 2 is 1.95 bits per heavy atom. The van der Waals surface area contributed by atoms with Crippen molar-refractivity contribution >= 4 is 17.2 Å². The summed E-state index contributed by atoms with van der Waals surface area (Å²) in [5.41, 5.74) is 10.0. The van der Waals surface area contributed by atoms with Crippen molar-refractivity contribution in [3.05, 3.63) is 29.3 Å². The smallest absolute Gasteiger partial charge is 0.150 e. The van der Waals surface area contributed by atoms with E-state index in [4.69, 9.17) is 5.73 Å². The second-order valence-corrected chi connectivity index (χ2v) is 6.88. The van der Waals surface area contributed by atoms with Gasteiger partial charge in [-0.2, -0.15) is 0 Å². The number of aliphatic imine (C=N–C) groups is 2. The minimum absolute atomic E-state index is 0.0142. The number of rotatable bonds is 1. The maximum atomic E-state index is 9.94. The standard InChI is InChI=1S/C17H25N3O/c1-10-8-15(19-11(2)20-16(10)21)12-6-7-14(18)13(9-12)17(3,4)5/h6-7,9-10,16,21H,8,18H2,1-5H3. The van der Waals surface area contributed by atoms with Crippen molar-refractivity contribution in [2.75, 3.05) is 5.73 Å². The first-order valence-corrected chi connectivity index (χ1v) is 7.39. The number of amidine groups is 1. The van der Waals surface area contributed by atoms with Crippen LogP contribution >= 0.6 is 0 Å². The molecule has 2 rings (SSSR count). The van der Waals surface area contributed by atoms with E-state index in [-0.39, 0.29) is 11.3 Å². The minimum atomic E-state index is -0.679. The molecule has 4 heteroatoms. The first-order valence-electron chi connectivity index (χ1n) is 7.39. The van der Waals surface area contributed by atoms with Gasteiger partial charge in [-0.1, -0.05) is 33.8 Å². The first kappa shape index (κ1) is 15.7. The van der Waals surface area contributed by atoms with Gasteiger partial charge in [-0.25, -0.2) is 9.98 Å². The minimum Gasteiger partial charge on any atom is -0.398 e. The molecule has 0 fully saturated rings. The molecule has 2 atom stereocenters. The van der Waals surface area contributed by atoms with Gasteiger partial charge < -0.3 is 10.8 Å². The second kappa shape index (κ2) is 5.60. The Morgan fingerprint density at radius 1 is 1.29 bits per heavy atom. The summed E-state index contributed by atoms with van der Waals surface area (Å²) in [5, 5.41) is 9.94. The monoisotopic (exact) mass is 287 g/mol. The number of aliphatic hydroxyl groups is 1. The quantitative estimate of drug-likeness (QED) is 0.779. The van der Waals surface area contributed by atoms with Gasteiger partial charge in [-0.15, -0.1) is 0 Å². The third-order valence-electron chi connectivity index (χ3n) is 3.83. The van der Waals surface area contributed by atoms with Crippen molar-refractivity contribution in [1.82, 2.24) is 0 Å². The van der Waals surface area contributed by atoms with E-state index in [0.717, 1.165) is 22.5 Å². The molecule has 21 heavy (non-hydrogen) atoms. The summed E-state index contributed by atoms with van der Waals surface area (Å²) in [4.78, 5) is 8.75. The topological polar surface area (TPSA) is 71.0 Å².